The van der Waals surface area contributed by atoms with Gasteiger partial charge in [0.15, 0.2) is 0 Å². The van der Waals surface area contributed by atoms with Crippen LogP contribution in [0.3, 0.4) is 0 Å². The number of hydrogen-bond donors (Lipinski definition) is 1. The number of nitrogens with zero attached hydrogens (tertiary/aromatic N) is 1. The minimum atomic E-state index is -0.765. The molecular formula is C17H17NO4. The van der Waals surface area contributed by atoms with Gasteiger partial charge in [-0.05, 0) is 17.7 Å². The highest BCUT2D eigenvalue weighted by atomic mass is 17.1. The molecule has 5 nitrogen and oxygen atoms in total. The van der Waals surface area contributed by atoms with Gasteiger partial charge >= 0.3 is 5.97 Å². The van der Waals surface area contributed by atoms with E-state index in [1.807, 2.05) is 36.4 Å². The van der Waals surface area contributed by atoms with E-state index in [0.29, 0.717) is 12.1 Å². The van der Waals surface area contributed by atoms with Crippen molar-refractivity contribution in [2.75, 3.05) is 6.54 Å². The molecule has 22 heavy (non-hydrogen) atoms. The second-order valence-corrected chi connectivity index (χ2v) is 4.79. The van der Waals surface area contributed by atoms with Crippen molar-refractivity contribution < 1.29 is 19.7 Å². The largest absolute Gasteiger partial charge is 0.343 e. The SMILES string of the molecule is O=C(CCN(Cc1ccccc1)C(=O)c1ccccc1)OO. The third kappa shape index (κ3) is 4.43. The van der Waals surface area contributed by atoms with Crippen LogP contribution in [0, 0.1) is 0 Å². The van der Waals surface area contributed by atoms with E-state index in [1.165, 1.54) is 0 Å². The number of carbonyl (C=O) groups is 2. The van der Waals surface area contributed by atoms with E-state index in [-0.39, 0.29) is 18.9 Å². The van der Waals surface area contributed by atoms with E-state index >= 15 is 0 Å². The van der Waals surface area contributed by atoms with Crippen LogP contribution in [0.5, 0.6) is 0 Å². The highest BCUT2D eigenvalue weighted by molar-refractivity contribution is 5.94. The number of amides is 1. The summed E-state index contributed by atoms with van der Waals surface area (Å²) >= 11 is 0. The normalized spacial score (nSPS) is 10.0. The predicted molar refractivity (Wildman–Crippen MR) is 81.0 cm³/mol. The van der Waals surface area contributed by atoms with Crippen molar-refractivity contribution in [2.24, 2.45) is 0 Å². The first-order valence-corrected chi connectivity index (χ1v) is 6.93. The average molecular weight is 299 g/mol. The molecule has 0 aliphatic heterocycles. The lowest BCUT2D eigenvalue weighted by atomic mass is 10.1. The second kappa shape index (κ2) is 7.95. The van der Waals surface area contributed by atoms with Gasteiger partial charge in [0.05, 0.1) is 6.42 Å². The van der Waals surface area contributed by atoms with Crippen LogP contribution in [0.4, 0.5) is 0 Å². The summed E-state index contributed by atoms with van der Waals surface area (Å²) < 4.78 is 0. The van der Waals surface area contributed by atoms with Gasteiger partial charge in [-0.3, -0.25) is 4.79 Å². The molecule has 0 atom stereocenters. The summed E-state index contributed by atoms with van der Waals surface area (Å²) in [5.41, 5.74) is 1.51. The maximum Gasteiger partial charge on any atom is 0.343 e. The minimum absolute atomic E-state index is 0.0676. The van der Waals surface area contributed by atoms with Crippen molar-refractivity contribution in [3.05, 3.63) is 71.8 Å². The van der Waals surface area contributed by atoms with Crippen molar-refractivity contribution >= 4 is 11.9 Å². The van der Waals surface area contributed by atoms with Gasteiger partial charge in [0, 0.05) is 18.7 Å². The summed E-state index contributed by atoms with van der Waals surface area (Å²) in [7, 11) is 0. The van der Waals surface area contributed by atoms with Gasteiger partial charge < -0.3 is 9.79 Å². The fourth-order valence-corrected chi connectivity index (χ4v) is 2.09. The summed E-state index contributed by atoms with van der Waals surface area (Å²) in [5.74, 6) is -0.936. The Kier molecular flexibility index (Phi) is 5.68. The van der Waals surface area contributed by atoms with Crippen LogP contribution in [-0.4, -0.2) is 28.6 Å². The molecule has 2 rings (SSSR count). The number of hydrogen-bond acceptors (Lipinski definition) is 4. The van der Waals surface area contributed by atoms with Gasteiger partial charge in [-0.2, -0.15) is 5.26 Å². The molecule has 0 saturated heterocycles. The average Bonchev–Trinajstić information content (AvgIpc) is 2.59. The van der Waals surface area contributed by atoms with Crippen LogP contribution >= 0.6 is 0 Å². The van der Waals surface area contributed by atoms with E-state index in [2.05, 4.69) is 4.89 Å². The first-order valence-electron chi connectivity index (χ1n) is 6.93. The van der Waals surface area contributed by atoms with Gasteiger partial charge in [0.25, 0.3) is 5.91 Å². The van der Waals surface area contributed by atoms with E-state index in [1.54, 1.807) is 29.2 Å². The van der Waals surface area contributed by atoms with Crippen LogP contribution in [0.2, 0.25) is 0 Å². The molecule has 0 aliphatic rings. The third-order valence-corrected chi connectivity index (χ3v) is 3.21. The number of benzene rings is 2. The van der Waals surface area contributed by atoms with Gasteiger partial charge in [-0.1, -0.05) is 48.5 Å². The van der Waals surface area contributed by atoms with Crippen molar-refractivity contribution in [1.82, 2.24) is 4.90 Å². The Hall–Kier alpha value is -2.66. The number of carbonyl (C=O) groups excluding carboxylic acids is 2. The molecule has 1 amide bonds. The molecule has 2 aromatic rings. The Balaban J connectivity index is 2.13. The summed E-state index contributed by atoms with van der Waals surface area (Å²) in [6.07, 6.45) is -0.0676. The minimum Gasteiger partial charge on any atom is -0.334 e. The molecular weight excluding hydrogens is 282 g/mol. The van der Waals surface area contributed by atoms with Gasteiger partial charge in [0.2, 0.25) is 0 Å². The monoisotopic (exact) mass is 299 g/mol. The smallest absolute Gasteiger partial charge is 0.334 e. The molecule has 0 saturated carbocycles. The highest BCUT2D eigenvalue weighted by Gasteiger charge is 2.17. The van der Waals surface area contributed by atoms with Crippen LogP contribution in [0.1, 0.15) is 22.3 Å². The van der Waals surface area contributed by atoms with Crippen molar-refractivity contribution in [1.29, 1.82) is 0 Å². The van der Waals surface area contributed by atoms with Crippen LogP contribution in [0.15, 0.2) is 60.7 Å². The molecule has 1 N–H and O–H groups in total. The molecule has 114 valence electrons. The summed E-state index contributed by atoms with van der Waals surface area (Å²) in [6.45, 7) is 0.551. The zero-order valence-corrected chi connectivity index (χ0v) is 12.0. The van der Waals surface area contributed by atoms with Crippen LogP contribution in [-0.2, 0) is 16.2 Å². The topological polar surface area (TPSA) is 66.8 Å². The molecule has 0 fully saturated rings. The van der Waals surface area contributed by atoms with Crippen LogP contribution in [0.25, 0.3) is 0 Å². The molecule has 0 unspecified atom stereocenters. The van der Waals surface area contributed by atoms with E-state index in [9.17, 15) is 9.59 Å². The zero-order valence-electron chi connectivity index (χ0n) is 12.0. The van der Waals surface area contributed by atoms with E-state index in [0.717, 1.165) is 5.56 Å². The zero-order chi connectivity index (χ0) is 15.8. The molecule has 2 aromatic carbocycles. The Morgan fingerprint density at radius 2 is 1.55 bits per heavy atom. The van der Waals surface area contributed by atoms with Crippen molar-refractivity contribution in [2.45, 2.75) is 13.0 Å². The Morgan fingerprint density at radius 1 is 0.955 bits per heavy atom. The lowest BCUT2D eigenvalue weighted by molar-refractivity contribution is -0.234. The van der Waals surface area contributed by atoms with E-state index < -0.39 is 5.97 Å². The molecule has 5 heteroatoms. The lowest BCUT2D eigenvalue weighted by Crippen LogP contribution is -2.32. The standard InChI is InChI=1S/C17H17NO4/c19-16(22-21)11-12-18(13-14-7-3-1-4-8-14)17(20)15-9-5-2-6-10-15/h1-10,21H,11-13H2. The first kappa shape index (κ1) is 15.7. The molecule has 0 bridgehead atoms. The Morgan fingerprint density at radius 3 is 2.14 bits per heavy atom. The Labute approximate surface area is 128 Å². The maximum atomic E-state index is 12.6. The molecule has 0 radical (unpaired) electrons. The van der Waals surface area contributed by atoms with Crippen molar-refractivity contribution in [3.8, 4) is 0 Å². The molecule has 0 aliphatic carbocycles. The second-order valence-electron chi connectivity index (χ2n) is 4.79. The van der Waals surface area contributed by atoms with Gasteiger partial charge in [0.1, 0.15) is 0 Å². The number of rotatable bonds is 6. The molecule has 0 heterocycles. The maximum absolute atomic E-state index is 12.6. The fraction of sp³-hybridized carbons (Fsp3) is 0.176. The van der Waals surface area contributed by atoms with Crippen molar-refractivity contribution in [3.63, 3.8) is 0 Å². The van der Waals surface area contributed by atoms with E-state index in [4.69, 9.17) is 5.26 Å². The third-order valence-electron chi connectivity index (χ3n) is 3.21. The fourth-order valence-electron chi connectivity index (χ4n) is 2.09. The van der Waals surface area contributed by atoms with Gasteiger partial charge in [-0.15, -0.1) is 0 Å². The molecule has 0 spiro atoms. The molecule has 0 aromatic heterocycles. The Bertz CT molecular complexity index is 613. The summed E-state index contributed by atoms with van der Waals surface area (Å²) in [6, 6.07) is 18.4. The van der Waals surface area contributed by atoms with Gasteiger partial charge in [-0.25, -0.2) is 4.79 Å². The summed E-state index contributed by atoms with van der Waals surface area (Å²) in [5, 5.41) is 8.34. The predicted octanol–water partition coefficient (Wildman–Crippen LogP) is 2.74. The van der Waals surface area contributed by atoms with Crippen LogP contribution < -0.4 is 0 Å². The highest BCUT2D eigenvalue weighted by Crippen LogP contribution is 2.11. The first-order chi connectivity index (χ1) is 10.7. The lowest BCUT2D eigenvalue weighted by Gasteiger charge is -2.22. The summed E-state index contributed by atoms with van der Waals surface area (Å²) in [4.78, 5) is 28.9. The quantitative estimate of drug-likeness (QED) is 0.658.